The molecule has 0 atom stereocenters. The van der Waals surface area contributed by atoms with Crippen LogP contribution in [0.4, 0.5) is 0 Å². The van der Waals surface area contributed by atoms with Crippen LogP contribution in [-0.4, -0.2) is 32.1 Å². The molecule has 0 fully saturated rings. The maximum atomic E-state index is 3.16. The molecule has 2 heteroatoms. The molecule has 0 aromatic heterocycles. The Hall–Kier alpha value is -0.760. The van der Waals surface area contributed by atoms with Crippen molar-refractivity contribution in [1.82, 2.24) is 10.2 Å². The zero-order valence-corrected chi connectivity index (χ0v) is 12.9. The third kappa shape index (κ3) is 8.99. The van der Waals surface area contributed by atoms with E-state index in [1.165, 1.54) is 24.1 Å². The standard InChI is InChI=1S/C11H20N2.2C2H6/c1-10-4-6-11(7-5-10)13(3)9-8-12-2;2*1-2/h4,6,12H,5,7-9H2,1-3H3;2*1-2H3. The smallest absolute Gasteiger partial charge is 0.0296 e. The summed E-state index contributed by atoms with van der Waals surface area (Å²) in [5, 5.41) is 3.16. The lowest BCUT2D eigenvalue weighted by Gasteiger charge is -2.24. The monoisotopic (exact) mass is 240 g/mol. The van der Waals surface area contributed by atoms with Crippen molar-refractivity contribution in [3.8, 4) is 0 Å². The fourth-order valence-corrected chi connectivity index (χ4v) is 1.47. The van der Waals surface area contributed by atoms with E-state index in [2.05, 4.69) is 36.3 Å². The molecular formula is C15H32N2. The van der Waals surface area contributed by atoms with Crippen LogP contribution in [0.1, 0.15) is 47.5 Å². The molecule has 0 spiro atoms. The number of nitrogens with one attached hydrogen (secondary N) is 1. The summed E-state index contributed by atoms with van der Waals surface area (Å²) < 4.78 is 0. The van der Waals surface area contributed by atoms with Crippen LogP contribution < -0.4 is 5.32 Å². The SMILES string of the molecule is CC.CC.CNCCN(C)C1=CC=C(C)CC1. The Bertz CT molecular complexity index is 217. The summed E-state index contributed by atoms with van der Waals surface area (Å²) in [4.78, 5) is 2.33. The molecule has 0 heterocycles. The van der Waals surface area contributed by atoms with E-state index >= 15 is 0 Å². The Morgan fingerprint density at radius 3 is 2.12 bits per heavy atom. The molecular weight excluding hydrogens is 208 g/mol. The van der Waals surface area contributed by atoms with Crippen molar-refractivity contribution in [1.29, 1.82) is 0 Å². The number of allylic oxidation sites excluding steroid dienone is 4. The molecule has 0 aromatic rings. The van der Waals surface area contributed by atoms with Gasteiger partial charge in [0.05, 0.1) is 0 Å². The Morgan fingerprint density at radius 2 is 1.71 bits per heavy atom. The predicted molar refractivity (Wildman–Crippen MR) is 80.3 cm³/mol. The third-order valence-corrected chi connectivity index (χ3v) is 2.52. The Kier molecular flexibility index (Phi) is 14.6. The van der Waals surface area contributed by atoms with Gasteiger partial charge in [0.15, 0.2) is 0 Å². The number of rotatable bonds is 4. The van der Waals surface area contributed by atoms with Gasteiger partial charge in [0, 0.05) is 25.8 Å². The summed E-state index contributed by atoms with van der Waals surface area (Å²) in [5.74, 6) is 0. The lowest BCUT2D eigenvalue weighted by atomic mass is 10.0. The van der Waals surface area contributed by atoms with E-state index in [9.17, 15) is 0 Å². The second-order valence-corrected chi connectivity index (χ2v) is 3.70. The van der Waals surface area contributed by atoms with Crippen LogP contribution in [0.15, 0.2) is 23.4 Å². The highest BCUT2D eigenvalue weighted by Crippen LogP contribution is 2.19. The maximum Gasteiger partial charge on any atom is 0.0296 e. The van der Waals surface area contributed by atoms with Crippen LogP contribution in [0, 0.1) is 0 Å². The van der Waals surface area contributed by atoms with E-state index in [0.717, 1.165) is 13.1 Å². The van der Waals surface area contributed by atoms with Gasteiger partial charge < -0.3 is 10.2 Å². The van der Waals surface area contributed by atoms with Crippen molar-refractivity contribution in [2.24, 2.45) is 0 Å². The van der Waals surface area contributed by atoms with Crippen molar-refractivity contribution in [2.75, 3.05) is 27.2 Å². The molecule has 0 saturated carbocycles. The molecule has 0 bridgehead atoms. The molecule has 0 saturated heterocycles. The largest absolute Gasteiger partial charge is 0.377 e. The molecule has 0 unspecified atom stereocenters. The van der Waals surface area contributed by atoms with E-state index in [1.54, 1.807) is 0 Å². The molecule has 1 aliphatic carbocycles. The highest BCUT2D eigenvalue weighted by Gasteiger charge is 2.06. The molecule has 0 aromatic carbocycles. The molecule has 0 radical (unpaired) electrons. The van der Waals surface area contributed by atoms with Crippen LogP contribution in [0.5, 0.6) is 0 Å². The molecule has 0 aliphatic heterocycles. The molecule has 1 aliphatic rings. The fourth-order valence-electron chi connectivity index (χ4n) is 1.47. The third-order valence-electron chi connectivity index (χ3n) is 2.52. The van der Waals surface area contributed by atoms with Gasteiger partial charge in [-0.05, 0) is 32.9 Å². The first-order valence-electron chi connectivity index (χ1n) is 6.96. The zero-order valence-electron chi connectivity index (χ0n) is 12.9. The quantitative estimate of drug-likeness (QED) is 0.804. The minimum absolute atomic E-state index is 1.05. The molecule has 102 valence electrons. The van der Waals surface area contributed by atoms with Gasteiger partial charge in [0.25, 0.3) is 0 Å². The van der Waals surface area contributed by atoms with Gasteiger partial charge in [-0.25, -0.2) is 0 Å². The highest BCUT2D eigenvalue weighted by molar-refractivity contribution is 5.21. The number of nitrogens with zero attached hydrogens (tertiary/aromatic N) is 1. The second-order valence-electron chi connectivity index (χ2n) is 3.70. The van der Waals surface area contributed by atoms with Crippen molar-refractivity contribution < 1.29 is 0 Å². The van der Waals surface area contributed by atoms with E-state index in [0.29, 0.717) is 0 Å². The van der Waals surface area contributed by atoms with Gasteiger partial charge in [0.1, 0.15) is 0 Å². The first kappa shape index (κ1) is 18.6. The van der Waals surface area contributed by atoms with Crippen molar-refractivity contribution >= 4 is 0 Å². The molecule has 17 heavy (non-hydrogen) atoms. The van der Waals surface area contributed by atoms with Gasteiger partial charge in [0.2, 0.25) is 0 Å². The van der Waals surface area contributed by atoms with Gasteiger partial charge in [-0.2, -0.15) is 0 Å². The van der Waals surface area contributed by atoms with Gasteiger partial charge in [-0.3, -0.25) is 0 Å². The summed E-state index contributed by atoms with van der Waals surface area (Å²) >= 11 is 0. The van der Waals surface area contributed by atoms with Crippen molar-refractivity contribution in [2.45, 2.75) is 47.5 Å². The normalized spacial score (nSPS) is 13.4. The van der Waals surface area contributed by atoms with E-state index in [1.807, 2.05) is 34.7 Å². The Balaban J connectivity index is 0. The molecule has 2 nitrogen and oxygen atoms in total. The summed E-state index contributed by atoms with van der Waals surface area (Å²) in [7, 11) is 4.16. The fraction of sp³-hybridized carbons (Fsp3) is 0.733. The van der Waals surface area contributed by atoms with Crippen LogP contribution in [0.25, 0.3) is 0 Å². The van der Waals surface area contributed by atoms with Crippen molar-refractivity contribution in [3.05, 3.63) is 23.4 Å². The van der Waals surface area contributed by atoms with Crippen LogP contribution in [-0.2, 0) is 0 Å². The maximum absolute atomic E-state index is 3.16. The summed E-state index contributed by atoms with van der Waals surface area (Å²) in [6, 6.07) is 0. The average Bonchev–Trinajstić information content (AvgIpc) is 2.41. The topological polar surface area (TPSA) is 15.3 Å². The second kappa shape index (κ2) is 13.3. The molecule has 0 amide bonds. The lowest BCUT2D eigenvalue weighted by molar-refractivity contribution is 0.398. The lowest BCUT2D eigenvalue weighted by Crippen LogP contribution is -2.27. The predicted octanol–water partition coefficient (Wildman–Crippen LogP) is 3.81. The summed E-state index contributed by atoms with van der Waals surface area (Å²) in [5.41, 5.74) is 2.95. The van der Waals surface area contributed by atoms with E-state index < -0.39 is 0 Å². The highest BCUT2D eigenvalue weighted by atomic mass is 15.1. The average molecular weight is 240 g/mol. The number of likely N-dealkylation sites (N-methyl/N-ethyl adjacent to an activating group) is 2. The Labute approximate surface area is 109 Å². The first-order chi connectivity index (χ1) is 8.24. The minimum atomic E-state index is 1.05. The Morgan fingerprint density at radius 1 is 1.12 bits per heavy atom. The molecule has 1 N–H and O–H groups in total. The van der Waals surface area contributed by atoms with E-state index in [-0.39, 0.29) is 0 Å². The van der Waals surface area contributed by atoms with Crippen LogP contribution in [0.2, 0.25) is 0 Å². The van der Waals surface area contributed by atoms with Crippen LogP contribution >= 0.6 is 0 Å². The van der Waals surface area contributed by atoms with Gasteiger partial charge >= 0.3 is 0 Å². The zero-order chi connectivity index (χ0) is 13.7. The van der Waals surface area contributed by atoms with Crippen molar-refractivity contribution in [3.63, 3.8) is 0 Å². The van der Waals surface area contributed by atoms with Gasteiger partial charge in [-0.15, -0.1) is 0 Å². The van der Waals surface area contributed by atoms with E-state index in [4.69, 9.17) is 0 Å². The summed E-state index contributed by atoms with van der Waals surface area (Å²) in [6.45, 7) is 12.3. The molecule has 1 rings (SSSR count). The first-order valence-corrected chi connectivity index (χ1v) is 6.96. The summed E-state index contributed by atoms with van der Waals surface area (Å²) in [6.07, 6.45) is 6.89. The van der Waals surface area contributed by atoms with Crippen LogP contribution in [0.3, 0.4) is 0 Å². The van der Waals surface area contributed by atoms with Gasteiger partial charge in [-0.1, -0.05) is 39.3 Å². The minimum Gasteiger partial charge on any atom is -0.377 e. The number of hydrogen-bond acceptors (Lipinski definition) is 2. The number of hydrogen-bond donors (Lipinski definition) is 1.